The third kappa shape index (κ3) is 2.19. The van der Waals surface area contributed by atoms with Gasteiger partial charge in [-0.25, -0.2) is 14.4 Å². The number of benzene rings is 1. The molecule has 1 aliphatic rings. The summed E-state index contributed by atoms with van der Waals surface area (Å²) in [6.45, 7) is 1.29. The lowest BCUT2D eigenvalue weighted by atomic mass is 10.1. The van der Waals surface area contributed by atoms with Crippen molar-refractivity contribution in [2.45, 2.75) is 19.0 Å². The number of anilines is 1. The number of piperidine rings is 1. The minimum atomic E-state index is -0.754. The van der Waals surface area contributed by atoms with E-state index in [-0.39, 0.29) is 0 Å². The Balaban J connectivity index is 2.07. The second kappa shape index (κ2) is 4.80. The van der Waals surface area contributed by atoms with Crippen LogP contribution in [0.4, 0.5) is 10.2 Å². The maximum atomic E-state index is 13.5. The van der Waals surface area contributed by atoms with E-state index in [4.69, 9.17) is 0 Å². The summed E-state index contributed by atoms with van der Waals surface area (Å²) in [5.74, 6) is 0.837. The standard InChI is InChI=1S/C13H13BrFN3/c14-9-3-4-12-11(6-9)13(17-8-16-12)18-5-1-2-10(15)7-18/h3-4,6,8,10H,1-2,5,7H2. The molecule has 1 aromatic carbocycles. The monoisotopic (exact) mass is 309 g/mol. The van der Waals surface area contributed by atoms with Gasteiger partial charge in [-0.3, -0.25) is 0 Å². The van der Waals surface area contributed by atoms with Crippen molar-refractivity contribution in [1.82, 2.24) is 9.97 Å². The van der Waals surface area contributed by atoms with Crippen LogP contribution in [-0.2, 0) is 0 Å². The van der Waals surface area contributed by atoms with Crippen molar-refractivity contribution < 1.29 is 4.39 Å². The van der Waals surface area contributed by atoms with E-state index in [1.54, 1.807) is 6.33 Å². The van der Waals surface area contributed by atoms with Crippen LogP contribution in [0.1, 0.15) is 12.8 Å². The Bertz CT molecular complexity index is 575. The predicted molar refractivity (Wildman–Crippen MR) is 73.6 cm³/mol. The molecule has 1 aromatic heterocycles. The molecule has 0 spiro atoms. The molecule has 1 saturated heterocycles. The van der Waals surface area contributed by atoms with Crippen LogP contribution in [-0.4, -0.2) is 29.2 Å². The van der Waals surface area contributed by atoms with Crippen molar-refractivity contribution >= 4 is 32.7 Å². The summed E-state index contributed by atoms with van der Waals surface area (Å²) in [7, 11) is 0. The molecule has 0 bridgehead atoms. The van der Waals surface area contributed by atoms with Gasteiger partial charge in [0.05, 0.1) is 12.1 Å². The summed E-state index contributed by atoms with van der Waals surface area (Å²) < 4.78 is 14.5. The fraction of sp³-hybridized carbons (Fsp3) is 0.385. The van der Waals surface area contributed by atoms with Gasteiger partial charge >= 0.3 is 0 Å². The van der Waals surface area contributed by atoms with Gasteiger partial charge in [0.2, 0.25) is 0 Å². The largest absolute Gasteiger partial charge is 0.353 e. The molecule has 18 heavy (non-hydrogen) atoms. The van der Waals surface area contributed by atoms with E-state index in [2.05, 4.69) is 25.9 Å². The number of hydrogen-bond acceptors (Lipinski definition) is 3. The highest BCUT2D eigenvalue weighted by molar-refractivity contribution is 9.10. The molecule has 1 aliphatic heterocycles. The average molecular weight is 310 g/mol. The molecule has 5 heteroatoms. The zero-order valence-corrected chi connectivity index (χ0v) is 11.4. The number of hydrogen-bond donors (Lipinski definition) is 0. The van der Waals surface area contributed by atoms with Crippen molar-refractivity contribution in [2.75, 3.05) is 18.0 Å². The first-order valence-corrected chi connectivity index (χ1v) is 6.82. The number of alkyl halides is 1. The van der Waals surface area contributed by atoms with E-state index in [0.717, 1.165) is 34.2 Å². The van der Waals surface area contributed by atoms with Crippen molar-refractivity contribution in [3.8, 4) is 0 Å². The van der Waals surface area contributed by atoms with Gasteiger partial charge in [0.1, 0.15) is 18.3 Å². The van der Waals surface area contributed by atoms with E-state index in [1.165, 1.54) is 0 Å². The lowest BCUT2D eigenvalue weighted by Gasteiger charge is -2.30. The highest BCUT2D eigenvalue weighted by atomic mass is 79.9. The number of halogens is 2. The van der Waals surface area contributed by atoms with E-state index < -0.39 is 6.17 Å². The lowest BCUT2D eigenvalue weighted by Crippen LogP contribution is -2.37. The van der Waals surface area contributed by atoms with E-state index in [0.29, 0.717) is 13.0 Å². The average Bonchev–Trinajstić information content (AvgIpc) is 2.38. The van der Waals surface area contributed by atoms with E-state index in [1.807, 2.05) is 23.1 Å². The van der Waals surface area contributed by atoms with Crippen LogP contribution in [0.15, 0.2) is 29.0 Å². The molecule has 0 N–H and O–H groups in total. The second-order valence-electron chi connectivity index (χ2n) is 4.54. The molecular formula is C13H13BrFN3. The van der Waals surface area contributed by atoms with Gasteiger partial charge in [-0.05, 0) is 31.0 Å². The topological polar surface area (TPSA) is 29.0 Å². The zero-order chi connectivity index (χ0) is 12.5. The summed E-state index contributed by atoms with van der Waals surface area (Å²) in [6.07, 6.45) is 2.33. The van der Waals surface area contributed by atoms with Gasteiger partial charge < -0.3 is 4.90 Å². The highest BCUT2D eigenvalue weighted by Gasteiger charge is 2.21. The van der Waals surface area contributed by atoms with Crippen molar-refractivity contribution in [1.29, 1.82) is 0 Å². The number of rotatable bonds is 1. The minimum Gasteiger partial charge on any atom is -0.353 e. The molecule has 94 valence electrons. The molecule has 0 aliphatic carbocycles. The van der Waals surface area contributed by atoms with Gasteiger partial charge in [0.25, 0.3) is 0 Å². The molecule has 0 radical (unpaired) electrons. The summed E-state index contributed by atoms with van der Waals surface area (Å²) >= 11 is 3.45. The third-order valence-electron chi connectivity index (χ3n) is 3.24. The van der Waals surface area contributed by atoms with Crippen LogP contribution in [0.5, 0.6) is 0 Å². The maximum Gasteiger partial charge on any atom is 0.140 e. The summed E-state index contributed by atoms with van der Waals surface area (Å²) in [6, 6.07) is 5.89. The van der Waals surface area contributed by atoms with Crippen LogP contribution in [0.2, 0.25) is 0 Å². The first kappa shape index (κ1) is 11.8. The van der Waals surface area contributed by atoms with Crippen LogP contribution in [0.3, 0.4) is 0 Å². The Morgan fingerprint density at radius 2 is 2.22 bits per heavy atom. The fourth-order valence-corrected chi connectivity index (χ4v) is 2.75. The van der Waals surface area contributed by atoms with E-state index in [9.17, 15) is 4.39 Å². The molecule has 0 amide bonds. The lowest BCUT2D eigenvalue weighted by molar-refractivity contribution is 0.286. The van der Waals surface area contributed by atoms with Crippen LogP contribution < -0.4 is 4.90 Å². The second-order valence-corrected chi connectivity index (χ2v) is 5.46. The molecule has 2 aromatic rings. The summed E-state index contributed by atoms with van der Waals surface area (Å²) in [4.78, 5) is 10.6. The van der Waals surface area contributed by atoms with Crippen molar-refractivity contribution in [2.24, 2.45) is 0 Å². The smallest absolute Gasteiger partial charge is 0.140 e. The van der Waals surface area contributed by atoms with Gasteiger partial charge in [-0.2, -0.15) is 0 Å². The SMILES string of the molecule is FC1CCCN(c2ncnc3ccc(Br)cc23)C1. The molecule has 3 nitrogen and oxygen atoms in total. The minimum absolute atomic E-state index is 0.429. The summed E-state index contributed by atoms with van der Waals surface area (Å²) in [5.41, 5.74) is 0.893. The number of nitrogens with zero attached hydrogens (tertiary/aromatic N) is 3. The molecule has 1 unspecified atom stereocenters. The zero-order valence-electron chi connectivity index (χ0n) is 9.81. The Labute approximate surface area is 113 Å². The van der Waals surface area contributed by atoms with Gasteiger partial charge in [-0.1, -0.05) is 15.9 Å². The van der Waals surface area contributed by atoms with Crippen LogP contribution in [0.25, 0.3) is 10.9 Å². The van der Waals surface area contributed by atoms with Crippen LogP contribution >= 0.6 is 15.9 Å². The molecular weight excluding hydrogens is 297 g/mol. The molecule has 1 fully saturated rings. The Hall–Kier alpha value is -1.23. The van der Waals surface area contributed by atoms with E-state index >= 15 is 0 Å². The predicted octanol–water partition coefficient (Wildman–Crippen LogP) is 3.33. The quantitative estimate of drug-likeness (QED) is 0.809. The summed E-state index contributed by atoms with van der Waals surface area (Å²) in [5, 5.41) is 0.973. The Morgan fingerprint density at radius 1 is 1.33 bits per heavy atom. The fourth-order valence-electron chi connectivity index (χ4n) is 2.38. The van der Waals surface area contributed by atoms with Crippen molar-refractivity contribution in [3.05, 3.63) is 29.0 Å². The highest BCUT2D eigenvalue weighted by Crippen LogP contribution is 2.28. The van der Waals surface area contributed by atoms with Crippen molar-refractivity contribution in [3.63, 3.8) is 0 Å². The Morgan fingerprint density at radius 3 is 3.06 bits per heavy atom. The van der Waals surface area contributed by atoms with Crippen LogP contribution in [0, 0.1) is 0 Å². The first-order chi connectivity index (χ1) is 8.74. The van der Waals surface area contributed by atoms with Gasteiger partial charge in [0.15, 0.2) is 0 Å². The third-order valence-corrected chi connectivity index (χ3v) is 3.73. The first-order valence-electron chi connectivity index (χ1n) is 6.03. The molecule has 1 atom stereocenters. The molecule has 0 saturated carbocycles. The normalized spacial score (nSPS) is 20.3. The molecule has 2 heterocycles. The number of aromatic nitrogens is 2. The maximum absolute atomic E-state index is 13.5. The Kier molecular flexibility index (Phi) is 3.16. The van der Waals surface area contributed by atoms with Gasteiger partial charge in [0, 0.05) is 16.4 Å². The van der Waals surface area contributed by atoms with Gasteiger partial charge in [-0.15, -0.1) is 0 Å². The molecule has 3 rings (SSSR count). The number of fused-ring (bicyclic) bond motifs is 1.